The molecule has 0 saturated heterocycles. The van der Waals surface area contributed by atoms with E-state index in [1.54, 1.807) is 0 Å². The van der Waals surface area contributed by atoms with Gasteiger partial charge in [0.05, 0.1) is 0 Å². The molecule has 0 amide bonds. The van der Waals surface area contributed by atoms with Crippen molar-refractivity contribution >= 4 is 16.7 Å². The number of hydrogen-bond acceptors (Lipinski definition) is 5. The van der Waals surface area contributed by atoms with Gasteiger partial charge in [0.15, 0.2) is 0 Å². The van der Waals surface area contributed by atoms with Gasteiger partial charge in [0, 0.05) is 23.6 Å². The Morgan fingerprint density at radius 1 is 1.29 bits per heavy atom. The molecule has 1 aromatic rings. The van der Waals surface area contributed by atoms with Gasteiger partial charge in [0.1, 0.15) is 0 Å². The summed E-state index contributed by atoms with van der Waals surface area (Å²) < 4.78 is 40.1. The number of anilines is 1. The van der Waals surface area contributed by atoms with Gasteiger partial charge < -0.3 is 11.1 Å². The third kappa shape index (κ3) is 3.06. The lowest BCUT2D eigenvalue weighted by Gasteiger charge is -2.28. The van der Waals surface area contributed by atoms with E-state index in [1.807, 2.05) is 0 Å². The molecule has 0 radical (unpaired) electrons. The van der Waals surface area contributed by atoms with Crippen LogP contribution in [0.15, 0.2) is 0 Å². The van der Waals surface area contributed by atoms with Gasteiger partial charge >= 0.3 is 6.18 Å². The molecular formula is C9H13F3N4S. The minimum atomic E-state index is -4.48. The predicted molar refractivity (Wildman–Crippen MR) is 58.8 cm³/mol. The molecule has 4 nitrogen and oxygen atoms in total. The highest BCUT2D eigenvalue weighted by atomic mass is 32.1. The second kappa shape index (κ2) is 4.77. The van der Waals surface area contributed by atoms with Gasteiger partial charge in [-0.05, 0) is 12.8 Å². The monoisotopic (exact) mass is 266 g/mol. The molecule has 0 spiro atoms. The van der Waals surface area contributed by atoms with E-state index in [0.717, 1.165) is 37.2 Å². The first kappa shape index (κ1) is 12.6. The quantitative estimate of drug-likeness (QED) is 0.861. The number of rotatable bonds is 2. The summed E-state index contributed by atoms with van der Waals surface area (Å²) in [5.74, 6) is -1.09. The van der Waals surface area contributed by atoms with Crippen molar-refractivity contribution in [1.82, 2.24) is 9.36 Å². The first-order valence-electron chi connectivity index (χ1n) is 5.40. The first-order chi connectivity index (χ1) is 7.97. The van der Waals surface area contributed by atoms with Crippen molar-refractivity contribution in [3.8, 4) is 0 Å². The minimum absolute atomic E-state index is 0.00205. The standard InChI is InChI=1S/C9H13F3N4S/c10-9(11,12)7-15-8(17-16-7)14-6-4-2-1-3-5(6)13/h5-6H,1-4,13H2,(H,14,15,16)/t5-,6-/m1/s1. The maximum Gasteiger partial charge on any atom is 0.452 e. The Kier molecular flexibility index (Phi) is 3.53. The van der Waals surface area contributed by atoms with Crippen molar-refractivity contribution in [3.05, 3.63) is 5.82 Å². The molecular weight excluding hydrogens is 253 g/mol. The summed E-state index contributed by atoms with van der Waals surface area (Å²) in [6, 6.07) is -0.0280. The fraction of sp³-hybridized carbons (Fsp3) is 0.778. The molecule has 1 aliphatic carbocycles. The molecule has 1 heterocycles. The van der Waals surface area contributed by atoms with Gasteiger partial charge in [0.2, 0.25) is 11.0 Å². The van der Waals surface area contributed by atoms with Crippen molar-refractivity contribution < 1.29 is 13.2 Å². The Morgan fingerprint density at radius 2 is 2.00 bits per heavy atom. The highest BCUT2D eigenvalue weighted by Gasteiger charge is 2.36. The van der Waals surface area contributed by atoms with Crippen LogP contribution in [-0.4, -0.2) is 21.4 Å². The van der Waals surface area contributed by atoms with Crippen LogP contribution in [-0.2, 0) is 6.18 Å². The summed E-state index contributed by atoms with van der Waals surface area (Å²) >= 11 is 0.724. The van der Waals surface area contributed by atoms with Crippen LogP contribution in [0.3, 0.4) is 0 Å². The third-order valence-corrected chi connectivity index (χ3v) is 3.45. The molecule has 1 fully saturated rings. The van der Waals surface area contributed by atoms with Crippen molar-refractivity contribution in [2.45, 2.75) is 43.9 Å². The SMILES string of the molecule is N[C@@H]1CCCC[C@H]1Nc1nc(C(F)(F)F)ns1. The molecule has 1 aliphatic rings. The minimum Gasteiger partial charge on any atom is -0.356 e. The largest absolute Gasteiger partial charge is 0.452 e. The summed E-state index contributed by atoms with van der Waals surface area (Å²) in [6.45, 7) is 0. The zero-order chi connectivity index (χ0) is 12.5. The van der Waals surface area contributed by atoms with Crippen LogP contribution in [0.25, 0.3) is 0 Å². The summed E-state index contributed by atoms with van der Waals surface area (Å²) in [4.78, 5) is 3.43. The van der Waals surface area contributed by atoms with E-state index in [1.165, 1.54) is 0 Å². The van der Waals surface area contributed by atoms with Crippen molar-refractivity contribution in [2.24, 2.45) is 5.73 Å². The molecule has 1 aromatic heterocycles. The zero-order valence-corrected chi connectivity index (χ0v) is 9.81. The molecule has 3 N–H and O–H groups in total. The molecule has 1 saturated carbocycles. The first-order valence-corrected chi connectivity index (χ1v) is 6.17. The van der Waals surface area contributed by atoms with Crippen LogP contribution in [0.4, 0.5) is 18.3 Å². The molecule has 2 rings (SSSR count). The average Bonchev–Trinajstić information content (AvgIpc) is 2.69. The zero-order valence-electron chi connectivity index (χ0n) is 9.00. The molecule has 96 valence electrons. The highest BCUT2D eigenvalue weighted by Crippen LogP contribution is 2.30. The van der Waals surface area contributed by atoms with E-state index in [9.17, 15) is 13.2 Å². The number of nitrogens with one attached hydrogen (secondary N) is 1. The summed E-state index contributed by atoms with van der Waals surface area (Å²) in [6.07, 6.45) is -0.616. The van der Waals surface area contributed by atoms with Gasteiger partial charge in [0.25, 0.3) is 0 Å². The molecule has 0 unspecified atom stereocenters. The Labute approximate surface area is 101 Å². The molecule has 0 aliphatic heterocycles. The number of alkyl halides is 3. The number of hydrogen-bond donors (Lipinski definition) is 2. The molecule has 2 atom stereocenters. The number of nitrogens with two attached hydrogens (primary N) is 1. The van der Waals surface area contributed by atoms with Crippen LogP contribution >= 0.6 is 11.5 Å². The fourth-order valence-corrected chi connectivity index (χ4v) is 2.54. The number of nitrogens with zero attached hydrogens (tertiary/aromatic N) is 2. The lowest BCUT2D eigenvalue weighted by molar-refractivity contribution is -0.144. The second-order valence-corrected chi connectivity index (χ2v) is 4.87. The Balaban J connectivity index is 2.01. The van der Waals surface area contributed by atoms with Crippen molar-refractivity contribution in [3.63, 3.8) is 0 Å². The van der Waals surface area contributed by atoms with Crippen LogP contribution < -0.4 is 11.1 Å². The van der Waals surface area contributed by atoms with Gasteiger partial charge in [-0.2, -0.15) is 22.5 Å². The van der Waals surface area contributed by atoms with Crippen LogP contribution in [0.2, 0.25) is 0 Å². The van der Waals surface area contributed by atoms with E-state index < -0.39 is 12.0 Å². The maximum absolute atomic E-state index is 12.3. The van der Waals surface area contributed by atoms with Gasteiger partial charge in [-0.1, -0.05) is 12.8 Å². The molecule has 17 heavy (non-hydrogen) atoms. The molecule has 8 heteroatoms. The summed E-state index contributed by atoms with van der Waals surface area (Å²) in [7, 11) is 0. The number of halogens is 3. The fourth-order valence-electron chi connectivity index (χ4n) is 1.89. The third-order valence-electron chi connectivity index (χ3n) is 2.81. The lowest BCUT2D eigenvalue weighted by atomic mass is 9.91. The van der Waals surface area contributed by atoms with Crippen LogP contribution in [0.1, 0.15) is 31.5 Å². The smallest absolute Gasteiger partial charge is 0.356 e. The van der Waals surface area contributed by atoms with Crippen LogP contribution in [0, 0.1) is 0 Å². The lowest BCUT2D eigenvalue weighted by Crippen LogP contribution is -2.42. The Bertz CT molecular complexity index is 379. The Morgan fingerprint density at radius 3 is 2.59 bits per heavy atom. The molecule has 0 aromatic carbocycles. The van der Waals surface area contributed by atoms with Gasteiger partial charge in [-0.25, -0.2) is 0 Å². The average molecular weight is 266 g/mol. The van der Waals surface area contributed by atoms with E-state index >= 15 is 0 Å². The van der Waals surface area contributed by atoms with Crippen molar-refractivity contribution in [1.29, 1.82) is 0 Å². The van der Waals surface area contributed by atoms with Gasteiger partial charge in [-0.3, -0.25) is 0 Å². The summed E-state index contributed by atoms with van der Waals surface area (Å²) in [5, 5.41) is 3.14. The maximum atomic E-state index is 12.3. The van der Waals surface area contributed by atoms with E-state index in [0.29, 0.717) is 0 Å². The number of aromatic nitrogens is 2. The van der Waals surface area contributed by atoms with Gasteiger partial charge in [-0.15, -0.1) is 0 Å². The summed E-state index contributed by atoms with van der Waals surface area (Å²) in [5.41, 5.74) is 5.89. The predicted octanol–water partition coefficient (Wildman–Crippen LogP) is 2.24. The highest BCUT2D eigenvalue weighted by molar-refractivity contribution is 7.09. The van der Waals surface area contributed by atoms with Crippen LogP contribution in [0.5, 0.6) is 0 Å². The molecule has 0 bridgehead atoms. The topological polar surface area (TPSA) is 63.8 Å². The second-order valence-electron chi connectivity index (χ2n) is 4.12. The normalized spacial score (nSPS) is 25.9. The van der Waals surface area contributed by atoms with E-state index in [2.05, 4.69) is 14.7 Å². The van der Waals surface area contributed by atoms with E-state index in [-0.39, 0.29) is 17.2 Å². The van der Waals surface area contributed by atoms with E-state index in [4.69, 9.17) is 5.73 Å². The Hall–Kier alpha value is -0.890. The van der Waals surface area contributed by atoms with Crippen molar-refractivity contribution in [2.75, 3.05) is 5.32 Å².